The van der Waals surface area contributed by atoms with Gasteiger partial charge in [-0.15, -0.1) is 0 Å². The Hall–Kier alpha value is -3.60. The summed E-state index contributed by atoms with van der Waals surface area (Å²) in [7, 11) is 4.33. The van der Waals surface area contributed by atoms with E-state index >= 15 is 0 Å². The normalized spacial score (nSPS) is 13.5. The molecule has 2 heterocycles. The largest absolute Gasteiger partial charge is 0.497 e. The van der Waals surface area contributed by atoms with E-state index in [-0.39, 0.29) is 16.3 Å². The highest BCUT2D eigenvalue weighted by molar-refractivity contribution is 7.14. The molecular formula is C20H21N3O7S. The fourth-order valence-electron chi connectivity index (χ4n) is 3.22. The topological polar surface area (TPSA) is 111 Å². The van der Waals surface area contributed by atoms with Gasteiger partial charge in [-0.05, 0) is 30.7 Å². The highest BCUT2D eigenvalue weighted by Gasteiger charge is 2.35. The van der Waals surface area contributed by atoms with Gasteiger partial charge in [0.1, 0.15) is 17.1 Å². The summed E-state index contributed by atoms with van der Waals surface area (Å²) in [6.45, 7) is 0.659. The minimum Gasteiger partial charge on any atom is -0.497 e. The van der Waals surface area contributed by atoms with Gasteiger partial charge in [0.2, 0.25) is 5.75 Å². The van der Waals surface area contributed by atoms with Crippen LogP contribution in [0.25, 0.3) is 6.08 Å². The SMILES string of the molecule is COc1ccc(OC)c(/C=C/C(=O)N2CCCN2C(=O)c2csc([N+](=O)[O-])c2OC)c1. The third-order valence-corrected chi connectivity index (χ3v) is 5.60. The third kappa shape index (κ3) is 4.45. The van der Waals surface area contributed by atoms with Crippen LogP contribution in [0.5, 0.6) is 17.2 Å². The minimum atomic E-state index is -0.600. The van der Waals surface area contributed by atoms with Gasteiger partial charge in [0.25, 0.3) is 11.8 Å². The highest BCUT2D eigenvalue weighted by atomic mass is 32.1. The number of carbonyl (C=O) groups is 2. The van der Waals surface area contributed by atoms with E-state index < -0.39 is 16.7 Å². The maximum atomic E-state index is 13.0. The van der Waals surface area contributed by atoms with Gasteiger partial charge < -0.3 is 14.2 Å². The number of hydrogen-bond acceptors (Lipinski definition) is 8. The van der Waals surface area contributed by atoms with Crippen molar-refractivity contribution in [3.05, 3.63) is 50.9 Å². The Kier molecular flexibility index (Phi) is 6.75. The number of rotatable bonds is 7. The molecule has 1 fully saturated rings. The lowest BCUT2D eigenvalue weighted by Gasteiger charge is -2.26. The molecule has 0 spiro atoms. The van der Waals surface area contributed by atoms with Crippen molar-refractivity contribution >= 4 is 34.2 Å². The number of carbonyl (C=O) groups excluding carboxylic acids is 2. The van der Waals surface area contributed by atoms with Gasteiger partial charge in [0.05, 0.1) is 26.3 Å². The monoisotopic (exact) mass is 447 g/mol. The third-order valence-electron chi connectivity index (χ3n) is 4.69. The van der Waals surface area contributed by atoms with E-state index in [4.69, 9.17) is 14.2 Å². The minimum absolute atomic E-state index is 0.0531. The second kappa shape index (κ2) is 9.47. The van der Waals surface area contributed by atoms with Crippen molar-refractivity contribution in [1.82, 2.24) is 10.0 Å². The molecule has 1 saturated heterocycles. The summed E-state index contributed by atoms with van der Waals surface area (Å²) in [6, 6.07) is 5.20. The number of hydrogen-bond donors (Lipinski definition) is 0. The van der Waals surface area contributed by atoms with E-state index in [0.29, 0.717) is 36.6 Å². The molecule has 0 radical (unpaired) electrons. The molecule has 2 aromatic rings. The molecule has 0 unspecified atom stereocenters. The van der Waals surface area contributed by atoms with Crippen molar-refractivity contribution in [2.24, 2.45) is 0 Å². The predicted molar refractivity (Wildman–Crippen MR) is 113 cm³/mol. The molecule has 3 rings (SSSR count). The number of nitrogens with zero attached hydrogens (tertiary/aromatic N) is 3. The van der Waals surface area contributed by atoms with E-state index in [1.165, 1.54) is 42.8 Å². The van der Waals surface area contributed by atoms with Gasteiger partial charge in [-0.25, -0.2) is 10.0 Å². The van der Waals surface area contributed by atoms with Crippen LogP contribution in [0, 0.1) is 10.1 Å². The van der Waals surface area contributed by atoms with Gasteiger partial charge in [-0.3, -0.25) is 19.7 Å². The van der Waals surface area contributed by atoms with Crippen LogP contribution >= 0.6 is 11.3 Å². The fourth-order valence-corrected chi connectivity index (χ4v) is 4.04. The zero-order chi connectivity index (χ0) is 22.5. The van der Waals surface area contributed by atoms with E-state index in [2.05, 4.69) is 0 Å². The molecule has 0 N–H and O–H groups in total. The Morgan fingerprint density at radius 3 is 2.52 bits per heavy atom. The van der Waals surface area contributed by atoms with Crippen molar-refractivity contribution < 1.29 is 28.7 Å². The first-order chi connectivity index (χ1) is 14.9. The molecule has 1 aliphatic rings. The summed E-state index contributed by atoms with van der Waals surface area (Å²) in [5.41, 5.74) is 0.694. The van der Waals surface area contributed by atoms with E-state index in [0.717, 1.165) is 11.3 Å². The average Bonchev–Trinajstić information content (AvgIpc) is 3.43. The lowest BCUT2D eigenvalue weighted by Crippen LogP contribution is -2.44. The summed E-state index contributed by atoms with van der Waals surface area (Å²) in [4.78, 5) is 36.4. The van der Waals surface area contributed by atoms with Crippen molar-refractivity contribution in [3.8, 4) is 17.2 Å². The molecular weight excluding hydrogens is 426 g/mol. The summed E-state index contributed by atoms with van der Waals surface area (Å²) >= 11 is 0.806. The van der Waals surface area contributed by atoms with Gasteiger partial charge in [0, 0.05) is 30.1 Å². The molecule has 1 aromatic carbocycles. The number of hydrazine groups is 1. The number of ether oxygens (including phenoxy) is 3. The maximum absolute atomic E-state index is 13.0. The van der Waals surface area contributed by atoms with Crippen LogP contribution in [0.15, 0.2) is 29.7 Å². The zero-order valence-corrected chi connectivity index (χ0v) is 18.0. The van der Waals surface area contributed by atoms with Gasteiger partial charge in [0.15, 0.2) is 0 Å². The lowest BCUT2D eigenvalue weighted by molar-refractivity contribution is -0.381. The Bertz CT molecular complexity index is 1030. The van der Waals surface area contributed by atoms with Crippen molar-refractivity contribution in [1.29, 1.82) is 0 Å². The fraction of sp³-hybridized carbons (Fsp3) is 0.300. The van der Waals surface area contributed by atoms with Gasteiger partial charge in [-0.1, -0.05) is 11.3 Å². The van der Waals surface area contributed by atoms with Gasteiger partial charge in [-0.2, -0.15) is 0 Å². The molecule has 1 aromatic heterocycles. The number of nitro groups is 1. The van der Waals surface area contributed by atoms with Crippen LogP contribution in [0.3, 0.4) is 0 Å². The van der Waals surface area contributed by atoms with Crippen LogP contribution in [0.1, 0.15) is 22.3 Å². The summed E-state index contributed by atoms with van der Waals surface area (Å²) in [6.07, 6.45) is 3.51. The Morgan fingerprint density at radius 2 is 1.87 bits per heavy atom. The van der Waals surface area contributed by atoms with Crippen LogP contribution in [0.4, 0.5) is 5.00 Å². The number of thiophene rings is 1. The van der Waals surface area contributed by atoms with E-state index in [1.807, 2.05) is 0 Å². The zero-order valence-electron chi connectivity index (χ0n) is 17.2. The summed E-state index contributed by atoms with van der Waals surface area (Å²) in [5.74, 6) is 0.140. The van der Waals surface area contributed by atoms with Crippen molar-refractivity contribution in [2.75, 3.05) is 34.4 Å². The Morgan fingerprint density at radius 1 is 1.13 bits per heavy atom. The highest BCUT2D eigenvalue weighted by Crippen LogP contribution is 2.38. The molecule has 10 nitrogen and oxygen atoms in total. The first-order valence-electron chi connectivity index (χ1n) is 9.24. The molecule has 11 heteroatoms. The standard InChI is InChI=1S/C20H21N3O7S/c1-28-14-6-7-16(29-2)13(11-14)5-8-17(24)21-9-4-10-22(21)19(25)15-12-31-20(23(26)27)18(15)30-3/h5-8,11-12H,4,9-10H2,1-3H3/b8-5+. The molecule has 0 atom stereocenters. The Labute approximate surface area is 182 Å². The summed E-state index contributed by atoms with van der Waals surface area (Å²) in [5, 5.41) is 14.9. The molecule has 164 valence electrons. The van der Waals surface area contributed by atoms with E-state index in [9.17, 15) is 19.7 Å². The number of benzene rings is 1. The van der Waals surface area contributed by atoms with Crippen LogP contribution in [0.2, 0.25) is 0 Å². The first-order valence-corrected chi connectivity index (χ1v) is 10.1. The molecule has 31 heavy (non-hydrogen) atoms. The van der Waals surface area contributed by atoms with Gasteiger partial charge >= 0.3 is 5.00 Å². The van der Waals surface area contributed by atoms with Crippen LogP contribution < -0.4 is 14.2 Å². The first kappa shape index (κ1) is 22.1. The molecule has 0 saturated carbocycles. The molecule has 1 aliphatic heterocycles. The average molecular weight is 447 g/mol. The molecule has 0 bridgehead atoms. The van der Waals surface area contributed by atoms with Crippen molar-refractivity contribution in [2.45, 2.75) is 6.42 Å². The maximum Gasteiger partial charge on any atom is 0.366 e. The second-order valence-electron chi connectivity index (χ2n) is 6.43. The lowest BCUT2D eigenvalue weighted by atomic mass is 10.1. The molecule has 2 amide bonds. The van der Waals surface area contributed by atoms with E-state index in [1.54, 1.807) is 24.3 Å². The summed E-state index contributed by atoms with van der Waals surface area (Å²) < 4.78 is 15.6. The number of amides is 2. The van der Waals surface area contributed by atoms with Crippen molar-refractivity contribution in [3.63, 3.8) is 0 Å². The van der Waals surface area contributed by atoms with Crippen LogP contribution in [-0.4, -0.2) is 61.2 Å². The Balaban J connectivity index is 1.82. The van der Waals surface area contributed by atoms with Crippen LogP contribution in [-0.2, 0) is 4.79 Å². The second-order valence-corrected chi connectivity index (χ2v) is 7.29. The quantitative estimate of drug-likeness (QED) is 0.364. The number of methoxy groups -OCH3 is 3. The smallest absolute Gasteiger partial charge is 0.366 e. The predicted octanol–water partition coefficient (Wildman–Crippen LogP) is 2.99. The molecule has 0 aliphatic carbocycles.